The van der Waals surface area contributed by atoms with Crippen LogP contribution in [0.25, 0.3) is 0 Å². The van der Waals surface area contributed by atoms with Crippen molar-refractivity contribution >= 4 is 52.9 Å². The Morgan fingerprint density at radius 1 is 1.09 bits per heavy atom. The Balaban J connectivity index is 0.000000968. The number of hydrogen-bond acceptors (Lipinski definition) is 4. The SMILES string of the molecule is Cc1cc(C2CN(c3c(Cl)cccc3Cl)C2)cc(Cl)c1CN1CCC(C(=O)O)CC1.O=CO. The number of aliphatic carboxylic acids is 1. The maximum atomic E-state index is 11.2. The number of likely N-dealkylation sites (tertiary alicyclic amines) is 1. The van der Waals surface area contributed by atoms with Gasteiger partial charge in [0.05, 0.1) is 21.7 Å². The van der Waals surface area contributed by atoms with E-state index in [4.69, 9.17) is 44.7 Å². The molecule has 2 aromatic carbocycles. The maximum absolute atomic E-state index is 11.2. The van der Waals surface area contributed by atoms with Crippen LogP contribution in [0.15, 0.2) is 30.3 Å². The van der Waals surface area contributed by atoms with Crippen LogP contribution < -0.4 is 4.90 Å². The fourth-order valence-electron chi connectivity index (χ4n) is 4.46. The standard InChI is InChI=1S/C23H25Cl3N2O2.CH2O2/c1-14-9-16(17-11-28(12-17)22-19(24)3-2-4-20(22)25)10-21(26)18(14)13-27-7-5-15(6-8-27)23(29)30;2-1-3/h2-4,9-10,15,17H,5-8,11-13H2,1H3,(H,29,30);1H,(H,2,3). The fourth-order valence-corrected chi connectivity index (χ4v) is 5.43. The number of piperidine rings is 1. The first-order chi connectivity index (χ1) is 15.7. The van der Waals surface area contributed by atoms with Gasteiger partial charge in [0, 0.05) is 30.6 Å². The summed E-state index contributed by atoms with van der Waals surface area (Å²) in [7, 11) is 0. The molecule has 0 radical (unpaired) electrons. The first-order valence-corrected chi connectivity index (χ1v) is 11.9. The molecule has 0 atom stereocenters. The van der Waals surface area contributed by atoms with Gasteiger partial charge >= 0.3 is 5.97 Å². The van der Waals surface area contributed by atoms with Gasteiger partial charge in [0.25, 0.3) is 6.47 Å². The zero-order valence-corrected chi connectivity index (χ0v) is 20.6. The van der Waals surface area contributed by atoms with E-state index in [1.165, 1.54) is 11.1 Å². The normalized spacial score (nSPS) is 17.2. The van der Waals surface area contributed by atoms with Crippen LogP contribution in [0.2, 0.25) is 15.1 Å². The minimum absolute atomic E-state index is 0.214. The molecule has 0 bridgehead atoms. The molecule has 2 fully saturated rings. The summed E-state index contributed by atoms with van der Waals surface area (Å²) in [5.74, 6) is -0.497. The average Bonchev–Trinajstić information content (AvgIpc) is 2.72. The molecule has 2 aliphatic heterocycles. The van der Waals surface area contributed by atoms with Crippen molar-refractivity contribution in [1.29, 1.82) is 0 Å². The van der Waals surface area contributed by atoms with Crippen molar-refractivity contribution < 1.29 is 19.8 Å². The number of aryl methyl sites for hydroxylation is 1. The van der Waals surface area contributed by atoms with Gasteiger partial charge in [-0.25, -0.2) is 0 Å². The molecule has 0 amide bonds. The molecule has 178 valence electrons. The Labute approximate surface area is 208 Å². The molecule has 33 heavy (non-hydrogen) atoms. The van der Waals surface area contributed by atoms with Crippen molar-refractivity contribution in [3.63, 3.8) is 0 Å². The molecule has 0 spiro atoms. The lowest BCUT2D eigenvalue weighted by Gasteiger charge is -2.42. The maximum Gasteiger partial charge on any atom is 0.306 e. The molecule has 6 nitrogen and oxygen atoms in total. The summed E-state index contributed by atoms with van der Waals surface area (Å²) in [5, 5.41) is 18.2. The van der Waals surface area contributed by atoms with Crippen molar-refractivity contribution in [2.45, 2.75) is 32.2 Å². The molecule has 2 heterocycles. The van der Waals surface area contributed by atoms with Gasteiger partial charge in [0.1, 0.15) is 0 Å². The predicted molar refractivity (Wildman–Crippen MR) is 132 cm³/mol. The summed E-state index contributed by atoms with van der Waals surface area (Å²) in [5.41, 5.74) is 4.47. The summed E-state index contributed by atoms with van der Waals surface area (Å²) in [6, 6.07) is 9.92. The highest BCUT2D eigenvalue weighted by molar-refractivity contribution is 6.39. The minimum atomic E-state index is -0.680. The van der Waals surface area contributed by atoms with E-state index < -0.39 is 5.97 Å². The molecule has 2 aliphatic rings. The van der Waals surface area contributed by atoms with Gasteiger partial charge in [0.15, 0.2) is 0 Å². The van der Waals surface area contributed by atoms with Crippen LogP contribution in [0.5, 0.6) is 0 Å². The van der Waals surface area contributed by atoms with Gasteiger partial charge < -0.3 is 15.1 Å². The van der Waals surface area contributed by atoms with Crippen molar-refractivity contribution in [2.24, 2.45) is 5.92 Å². The third-order valence-electron chi connectivity index (χ3n) is 6.37. The molecule has 0 saturated carbocycles. The number of halogens is 3. The summed E-state index contributed by atoms with van der Waals surface area (Å²) < 4.78 is 0. The molecule has 9 heteroatoms. The summed E-state index contributed by atoms with van der Waals surface area (Å²) >= 11 is 19.4. The molecular formula is C24H27Cl3N2O4. The van der Waals surface area contributed by atoms with E-state index in [9.17, 15) is 9.90 Å². The molecule has 0 unspecified atom stereocenters. The Bertz CT molecular complexity index is 960. The van der Waals surface area contributed by atoms with Gasteiger partial charge in [-0.1, -0.05) is 46.9 Å². The van der Waals surface area contributed by atoms with Crippen LogP contribution in [-0.4, -0.2) is 53.7 Å². The zero-order chi connectivity index (χ0) is 24.1. The van der Waals surface area contributed by atoms with Crippen LogP contribution in [-0.2, 0) is 16.1 Å². The first kappa shape index (κ1) is 25.6. The number of benzene rings is 2. The van der Waals surface area contributed by atoms with Gasteiger partial charge in [-0.05, 0) is 67.7 Å². The van der Waals surface area contributed by atoms with E-state index in [-0.39, 0.29) is 12.4 Å². The lowest BCUT2D eigenvalue weighted by Crippen LogP contribution is -2.45. The molecule has 4 rings (SSSR count). The van der Waals surface area contributed by atoms with E-state index in [0.29, 0.717) is 28.8 Å². The van der Waals surface area contributed by atoms with Crippen LogP contribution in [0.4, 0.5) is 5.69 Å². The van der Waals surface area contributed by atoms with Crippen LogP contribution in [0.3, 0.4) is 0 Å². The molecule has 0 aliphatic carbocycles. The molecular weight excluding hydrogens is 487 g/mol. The highest BCUT2D eigenvalue weighted by atomic mass is 35.5. The average molecular weight is 514 g/mol. The highest BCUT2D eigenvalue weighted by Gasteiger charge is 2.32. The zero-order valence-electron chi connectivity index (χ0n) is 18.3. The second-order valence-electron chi connectivity index (χ2n) is 8.46. The highest BCUT2D eigenvalue weighted by Crippen LogP contribution is 2.41. The lowest BCUT2D eigenvalue weighted by molar-refractivity contribution is -0.143. The van der Waals surface area contributed by atoms with Crippen LogP contribution >= 0.6 is 34.8 Å². The number of carboxylic acid groups (broad SMARTS) is 2. The third-order valence-corrected chi connectivity index (χ3v) is 7.31. The molecule has 2 aromatic rings. The summed E-state index contributed by atoms with van der Waals surface area (Å²) in [6.45, 7) is 5.94. The van der Waals surface area contributed by atoms with Crippen LogP contribution in [0, 0.1) is 12.8 Å². The van der Waals surface area contributed by atoms with E-state index >= 15 is 0 Å². The van der Waals surface area contributed by atoms with E-state index in [1.807, 2.05) is 18.2 Å². The Hall–Kier alpha value is -1.99. The summed E-state index contributed by atoms with van der Waals surface area (Å²) in [4.78, 5) is 24.0. The number of hydrogen-bond donors (Lipinski definition) is 2. The fraction of sp³-hybridized carbons (Fsp3) is 0.417. The van der Waals surface area contributed by atoms with Crippen molar-refractivity contribution in [2.75, 3.05) is 31.1 Å². The monoisotopic (exact) mass is 512 g/mol. The number of para-hydroxylation sites is 1. The van der Waals surface area contributed by atoms with Crippen molar-refractivity contribution in [3.05, 3.63) is 62.1 Å². The lowest BCUT2D eigenvalue weighted by atomic mass is 9.88. The topological polar surface area (TPSA) is 81.1 Å². The van der Waals surface area contributed by atoms with E-state index in [2.05, 4.69) is 28.9 Å². The summed E-state index contributed by atoms with van der Waals surface area (Å²) in [6.07, 6.45) is 1.40. The predicted octanol–water partition coefficient (Wildman–Crippen LogP) is 5.56. The van der Waals surface area contributed by atoms with Gasteiger partial charge in [-0.15, -0.1) is 0 Å². The third kappa shape index (κ3) is 6.12. The Morgan fingerprint density at radius 2 is 1.67 bits per heavy atom. The quantitative estimate of drug-likeness (QED) is 0.510. The van der Waals surface area contributed by atoms with Gasteiger partial charge in [-0.2, -0.15) is 0 Å². The first-order valence-electron chi connectivity index (χ1n) is 10.8. The number of anilines is 1. The van der Waals surface area contributed by atoms with E-state index in [0.717, 1.165) is 49.0 Å². The number of rotatable bonds is 5. The number of carboxylic acids is 1. The Morgan fingerprint density at radius 3 is 2.18 bits per heavy atom. The Kier molecular flexibility index (Phi) is 8.88. The largest absolute Gasteiger partial charge is 0.483 e. The van der Waals surface area contributed by atoms with E-state index in [1.54, 1.807) is 0 Å². The number of nitrogens with zero attached hydrogens (tertiary/aromatic N) is 2. The van der Waals surface area contributed by atoms with Gasteiger partial charge in [0.2, 0.25) is 0 Å². The molecule has 2 N–H and O–H groups in total. The van der Waals surface area contributed by atoms with Gasteiger partial charge in [-0.3, -0.25) is 14.5 Å². The number of carbonyl (C=O) groups is 2. The second kappa shape index (κ2) is 11.4. The van der Waals surface area contributed by atoms with Crippen molar-refractivity contribution in [3.8, 4) is 0 Å². The smallest absolute Gasteiger partial charge is 0.306 e. The molecule has 2 saturated heterocycles. The minimum Gasteiger partial charge on any atom is -0.483 e. The van der Waals surface area contributed by atoms with Crippen LogP contribution in [0.1, 0.15) is 35.4 Å². The molecule has 0 aromatic heterocycles. The second-order valence-corrected chi connectivity index (χ2v) is 9.69. The van der Waals surface area contributed by atoms with Crippen molar-refractivity contribution in [1.82, 2.24) is 4.90 Å².